The molecule has 15 heteroatoms. The van der Waals surface area contributed by atoms with Crippen LogP contribution in [0.25, 0.3) is 11.1 Å². The normalized spacial score (nSPS) is 18.2. The molecule has 316 valence electrons. The molecule has 0 saturated carbocycles. The zero-order valence-corrected chi connectivity index (χ0v) is 34.7. The third-order valence-corrected chi connectivity index (χ3v) is 12.4. The minimum atomic E-state index is -0.593. The molecule has 0 bridgehead atoms. The van der Waals surface area contributed by atoms with Crippen molar-refractivity contribution in [2.24, 2.45) is 17.9 Å². The summed E-state index contributed by atoms with van der Waals surface area (Å²) < 4.78 is 12.3. The predicted octanol–water partition coefficient (Wildman–Crippen LogP) is 6.90. The number of aryl methyl sites for hydroxylation is 2. The molecule has 5 heterocycles. The number of carbonyl (C=O) groups is 2. The lowest BCUT2D eigenvalue weighted by Crippen LogP contribution is -2.63. The zero-order chi connectivity index (χ0) is 42.0. The number of aromatic nitrogens is 1. The van der Waals surface area contributed by atoms with Crippen molar-refractivity contribution >= 4 is 40.3 Å². The number of nitro groups is 1. The largest absolute Gasteiger partial charge is 0.502 e. The molecule has 2 N–H and O–H groups in total. The van der Waals surface area contributed by atoms with Crippen molar-refractivity contribution in [1.29, 1.82) is 0 Å². The number of phenols is 1. The Balaban J connectivity index is 0.000000185. The van der Waals surface area contributed by atoms with E-state index in [1.807, 2.05) is 43.9 Å². The van der Waals surface area contributed by atoms with Crippen molar-refractivity contribution in [3.8, 4) is 5.75 Å². The van der Waals surface area contributed by atoms with Crippen LogP contribution in [0.3, 0.4) is 0 Å². The van der Waals surface area contributed by atoms with Gasteiger partial charge in [0.05, 0.1) is 10.4 Å². The van der Waals surface area contributed by atoms with Gasteiger partial charge in [-0.1, -0.05) is 30.3 Å². The number of likely N-dealkylation sites (tertiary alicyclic amines) is 2. The topological polar surface area (TPSA) is 167 Å². The fourth-order valence-electron chi connectivity index (χ4n) is 8.83. The monoisotopic (exact) mass is 811 g/mol. The van der Waals surface area contributed by atoms with E-state index >= 15 is 0 Å². The first kappa shape index (κ1) is 41.4. The van der Waals surface area contributed by atoms with Crippen LogP contribution in [0.15, 0.2) is 75.9 Å². The number of unbranched alkanes of at least 4 members (excludes halogenated alkanes) is 1. The number of benzene rings is 3. The number of anilines is 2. The molecule has 4 aliphatic rings. The average Bonchev–Trinajstić information content (AvgIpc) is 3.47. The van der Waals surface area contributed by atoms with Crippen LogP contribution in [0, 0.1) is 20.9 Å². The van der Waals surface area contributed by atoms with Gasteiger partial charge >= 0.3 is 23.6 Å². The number of aromatic hydroxyl groups is 1. The molecule has 0 unspecified atom stereocenters. The van der Waals surface area contributed by atoms with E-state index in [2.05, 4.69) is 45.4 Å². The highest BCUT2D eigenvalue weighted by Gasteiger charge is 2.48. The highest BCUT2D eigenvalue weighted by molar-refractivity contribution is 5.78. The Morgan fingerprint density at radius 3 is 2.00 bits per heavy atom. The number of amides is 3. The first-order chi connectivity index (χ1) is 28.1. The number of rotatable bonds is 8. The second-order valence-electron chi connectivity index (χ2n) is 17.9. The van der Waals surface area contributed by atoms with E-state index in [0.717, 1.165) is 108 Å². The lowest BCUT2D eigenvalue weighted by Gasteiger charge is -2.54. The summed E-state index contributed by atoms with van der Waals surface area (Å²) in [6.07, 6.45) is 6.90. The lowest BCUT2D eigenvalue weighted by molar-refractivity contribution is -0.385. The Hall–Kier alpha value is -5.73. The highest BCUT2D eigenvalue weighted by Crippen LogP contribution is 2.43. The standard InChI is InChI=1S/C26H32N4O3.C18H25N3O5/c1-28-22-11-10-21(17-23(22)33-25(28)32)29-15-12-26(13-16-29)18-30(19-26)24(31)27-14-6-5-9-20-7-3-2-4-8-20;1-17(2,3)26-16(23)20-11-18(12-20)6-8-19(9-7-18)13-4-5-14(21(24)25)15(22)10-13/h2-4,7-8,10-11,17H,5-6,9,12-16,18-19H2,1H3,(H,27,31);4-5,10,22H,6-9,11-12H2,1-3H3. The third-order valence-electron chi connectivity index (χ3n) is 12.4. The van der Waals surface area contributed by atoms with Crippen molar-refractivity contribution in [2.75, 3.05) is 68.7 Å². The lowest BCUT2D eigenvalue weighted by atomic mass is 9.72. The number of ether oxygens (including phenoxy) is 1. The molecule has 4 saturated heterocycles. The minimum absolute atomic E-state index is 0.0762. The number of nitro benzene ring substituents is 1. The van der Waals surface area contributed by atoms with Crippen molar-refractivity contribution in [1.82, 2.24) is 19.7 Å². The van der Waals surface area contributed by atoms with E-state index in [4.69, 9.17) is 9.15 Å². The van der Waals surface area contributed by atoms with Crippen LogP contribution in [0.4, 0.5) is 26.7 Å². The number of phenolic OH excluding ortho intramolecular Hbond substituents is 1. The summed E-state index contributed by atoms with van der Waals surface area (Å²) in [5.74, 6) is -0.642. The second kappa shape index (κ2) is 16.9. The number of carbonyl (C=O) groups excluding carboxylic acids is 2. The summed E-state index contributed by atoms with van der Waals surface area (Å²) >= 11 is 0. The van der Waals surface area contributed by atoms with Gasteiger partial charge in [-0.05, 0) is 89.5 Å². The number of piperidine rings is 2. The molecule has 0 aliphatic carbocycles. The molecule has 2 spiro atoms. The van der Waals surface area contributed by atoms with Gasteiger partial charge in [-0.25, -0.2) is 14.4 Å². The van der Waals surface area contributed by atoms with Gasteiger partial charge in [0.25, 0.3) is 0 Å². The maximum Gasteiger partial charge on any atom is 0.419 e. The van der Waals surface area contributed by atoms with Gasteiger partial charge in [0.2, 0.25) is 0 Å². The molecule has 4 fully saturated rings. The van der Waals surface area contributed by atoms with Crippen molar-refractivity contribution in [2.45, 2.75) is 71.3 Å². The molecule has 4 aliphatic heterocycles. The van der Waals surface area contributed by atoms with E-state index in [1.54, 1.807) is 18.0 Å². The molecule has 0 atom stereocenters. The van der Waals surface area contributed by atoms with E-state index in [-0.39, 0.29) is 40.1 Å². The van der Waals surface area contributed by atoms with Gasteiger partial charge in [-0.2, -0.15) is 0 Å². The molecular formula is C44H57N7O8. The molecule has 3 amide bonds. The van der Waals surface area contributed by atoms with Crippen LogP contribution >= 0.6 is 0 Å². The summed E-state index contributed by atoms with van der Waals surface area (Å²) in [7, 11) is 1.72. The Morgan fingerprint density at radius 1 is 0.847 bits per heavy atom. The smallest absolute Gasteiger partial charge is 0.419 e. The first-order valence-corrected chi connectivity index (χ1v) is 20.7. The third kappa shape index (κ3) is 9.60. The Kier molecular flexibility index (Phi) is 11.8. The van der Waals surface area contributed by atoms with Gasteiger partial charge in [0, 0.05) is 106 Å². The fraction of sp³-hybridized carbons (Fsp3) is 0.523. The van der Waals surface area contributed by atoms with E-state index in [9.17, 15) is 29.6 Å². The predicted molar refractivity (Wildman–Crippen MR) is 226 cm³/mol. The van der Waals surface area contributed by atoms with Crippen molar-refractivity contribution in [3.63, 3.8) is 0 Å². The number of oxazole rings is 1. The van der Waals surface area contributed by atoms with Crippen LogP contribution in [0.5, 0.6) is 5.75 Å². The molecule has 3 aromatic carbocycles. The van der Waals surface area contributed by atoms with Gasteiger partial charge in [-0.15, -0.1) is 0 Å². The summed E-state index contributed by atoms with van der Waals surface area (Å²) in [4.78, 5) is 54.7. The number of nitrogens with one attached hydrogen (secondary N) is 1. The molecular weight excluding hydrogens is 755 g/mol. The maximum atomic E-state index is 12.5. The van der Waals surface area contributed by atoms with Crippen LogP contribution in [0.2, 0.25) is 0 Å². The van der Waals surface area contributed by atoms with E-state index in [0.29, 0.717) is 18.7 Å². The summed E-state index contributed by atoms with van der Waals surface area (Å²) in [5.41, 5.74) is 4.31. The molecule has 8 rings (SSSR count). The maximum absolute atomic E-state index is 12.5. The summed E-state index contributed by atoms with van der Waals surface area (Å²) in [5, 5.41) is 23.7. The quantitative estimate of drug-likeness (QED) is 0.109. The number of hydrogen-bond acceptors (Lipinski definition) is 10. The molecule has 0 radical (unpaired) electrons. The van der Waals surface area contributed by atoms with Crippen molar-refractivity contribution < 1.29 is 28.8 Å². The summed E-state index contributed by atoms with van der Waals surface area (Å²) in [6.45, 7) is 12.9. The number of hydrogen-bond donors (Lipinski definition) is 2. The highest BCUT2D eigenvalue weighted by atomic mass is 16.6. The van der Waals surface area contributed by atoms with Gasteiger partial charge in [0.15, 0.2) is 11.3 Å². The molecule has 1 aromatic heterocycles. The summed E-state index contributed by atoms with van der Waals surface area (Å²) in [6, 6.07) is 21.0. The number of urea groups is 1. The zero-order valence-electron chi connectivity index (χ0n) is 34.7. The minimum Gasteiger partial charge on any atom is -0.502 e. The SMILES string of the molecule is CC(C)(C)OC(=O)N1CC2(CCN(c3ccc([N+](=O)[O-])c(O)c3)CC2)C1.Cn1c(=O)oc2cc(N3CCC4(CC3)CN(C(=O)NCCCCc3ccccc3)C4)ccc21. The van der Waals surface area contributed by atoms with Crippen LogP contribution in [0.1, 0.15) is 64.9 Å². The average molecular weight is 812 g/mol. The first-order valence-electron chi connectivity index (χ1n) is 20.7. The molecule has 59 heavy (non-hydrogen) atoms. The fourth-order valence-corrected chi connectivity index (χ4v) is 8.83. The molecule has 15 nitrogen and oxygen atoms in total. The van der Waals surface area contributed by atoms with Gasteiger partial charge in [-0.3, -0.25) is 14.7 Å². The van der Waals surface area contributed by atoms with E-state index in [1.165, 1.54) is 22.3 Å². The van der Waals surface area contributed by atoms with Gasteiger partial charge < -0.3 is 39.2 Å². The van der Waals surface area contributed by atoms with Crippen molar-refractivity contribution in [3.05, 3.63) is 93.0 Å². The van der Waals surface area contributed by atoms with Gasteiger partial charge in [0.1, 0.15) is 5.60 Å². The Labute approximate surface area is 344 Å². The van der Waals surface area contributed by atoms with E-state index < -0.39 is 10.5 Å². The van der Waals surface area contributed by atoms with Crippen LogP contribution in [-0.2, 0) is 18.2 Å². The second-order valence-corrected chi connectivity index (χ2v) is 17.9. The number of nitrogens with zero attached hydrogens (tertiary/aromatic N) is 6. The van der Waals surface area contributed by atoms with Crippen LogP contribution < -0.4 is 20.9 Å². The molecule has 4 aromatic rings. The Bertz CT molecular complexity index is 2180. The Morgan fingerprint density at radius 2 is 1.42 bits per heavy atom. The van der Waals surface area contributed by atoms with Crippen LogP contribution in [-0.4, -0.2) is 101 Å². The number of fused-ring (bicyclic) bond motifs is 1.